The number of methoxy groups -OCH3 is 1. The summed E-state index contributed by atoms with van der Waals surface area (Å²) in [5.41, 5.74) is 4.01. The van der Waals surface area contributed by atoms with Crippen LogP contribution in [0.5, 0.6) is 0 Å². The second-order valence-corrected chi connectivity index (χ2v) is 7.58. The van der Waals surface area contributed by atoms with Gasteiger partial charge in [0.15, 0.2) is 0 Å². The number of thiophene rings is 1. The first kappa shape index (κ1) is 17.0. The summed E-state index contributed by atoms with van der Waals surface area (Å²) in [6, 6.07) is 12.1. The van der Waals surface area contributed by atoms with E-state index in [9.17, 15) is 4.79 Å². The van der Waals surface area contributed by atoms with Crippen molar-refractivity contribution in [1.82, 2.24) is 9.88 Å². The molecule has 0 bridgehead atoms. The third kappa shape index (κ3) is 2.85. The normalized spacial score (nSPS) is 16.7. The molecule has 5 nitrogen and oxygen atoms in total. The molecule has 1 aliphatic rings. The number of carbonyl (C=O) groups excluding carboxylic acids is 1. The van der Waals surface area contributed by atoms with Gasteiger partial charge in [-0.05, 0) is 31.0 Å². The molecule has 0 fully saturated rings. The van der Waals surface area contributed by atoms with Gasteiger partial charge in [0.25, 0.3) is 5.91 Å². The first-order valence-electron chi connectivity index (χ1n) is 8.62. The Morgan fingerprint density at radius 1 is 1.31 bits per heavy atom. The Morgan fingerprint density at radius 2 is 2.08 bits per heavy atom. The maximum atomic E-state index is 13.2. The first-order valence-corrected chi connectivity index (χ1v) is 9.43. The van der Waals surface area contributed by atoms with Crippen molar-refractivity contribution in [3.63, 3.8) is 0 Å². The van der Waals surface area contributed by atoms with Crippen LogP contribution in [0.2, 0.25) is 0 Å². The van der Waals surface area contributed by atoms with Crippen molar-refractivity contribution in [2.75, 3.05) is 12.4 Å². The lowest BCUT2D eigenvalue weighted by Crippen LogP contribution is -2.45. The molecule has 0 saturated heterocycles. The summed E-state index contributed by atoms with van der Waals surface area (Å²) < 4.78 is 5.36. The standard InChI is InChI=1S/C20H21N3O2S/c1-12-9-15(11-25-3)16-17-18(26-19(16)21-12)20(24)23(13(2)22-17)10-14-7-5-4-6-8-14/h4-9,13,22H,10-11H2,1-3H3. The number of aryl methyl sites for hydroxylation is 1. The van der Waals surface area contributed by atoms with Crippen molar-refractivity contribution in [2.45, 2.75) is 33.2 Å². The van der Waals surface area contributed by atoms with Gasteiger partial charge in [-0.2, -0.15) is 0 Å². The zero-order valence-electron chi connectivity index (χ0n) is 15.1. The molecule has 0 aliphatic carbocycles. The van der Waals surface area contributed by atoms with Gasteiger partial charge in [0, 0.05) is 24.7 Å². The molecule has 134 valence electrons. The summed E-state index contributed by atoms with van der Waals surface area (Å²) in [6.45, 7) is 5.07. The number of fused-ring (bicyclic) bond motifs is 3. The van der Waals surface area contributed by atoms with Crippen molar-refractivity contribution in [2.24, 2.45) is 0 Å². The minimum Gasteiger partial charge on any atom is -0.380 e. The van der Waals surface area contributed by atoms with Crippen LogP contribution in [0.15, 0.2) is 36.4 Å². The number of hydrogen-bond acceptors (Lipinski definition) is 5. The number of ether oxygens (including phenoxy) is 1. The summed E-state index contributed by atoms with van der Waals surface area (Å²) in [6.07, 6.45) is -0.0929. The molecular formula is C20H21N3O2S. The lowest BCUT2D eigenvalue weighted by molar-refractivity contribution is 0.0689. The van der Waals surface area contributed by atoms with E-state index in [0.29, 0.717) is 13.2 Å². The van der Waals surface area contributed by atoms with Gasteiger partial charge in [0.05, 0.1) is 18.5 Å². The third-order valence-corrected chi connectivity index (χ3v) is 5.71. The molecule has 26 heavy (non-hydrogen) atoms. The van der Waals surface area contributed by atoms with Crippen LogP contribution in [-0.2, 0) is 17.9 Å². The molecule has 1 aromatic carbocycles. The lowest BCUT2D eigenvalue weighted by atomic mass is 10.1. The number of pyridine rings is 1. The molecule has 0 spiro atoms. The van der Waals surface area contributed by atoms with Crippen molar-refractivity contribution >= 4 is 33.1 Å². The molecule has 2 aromatic heterocycles. The van der Waals surface area contributed by atoms with Gasteiger partial charge in [-0.3, -0.25) is 4.79 Å². The van der Waals surface area contributed by atoms with E-state index in [1.165, 1.54) is 11.3 Å². The number of nitrogens with one attached hydrogen (secondary N) is 1. The fourth-order valence-corrected chi connectivity index (χ4v) is 4.64. The quantitative estimate of drug-likeness (QED) is 0.752. The molecular weight excluding hydrogens is 346 g/mol. The predicted octanol–water partition coefficient (Wildman–Crippen LogP) is 4.17. The van der Waals surface area contributed by atoms with Crippen LogP contribution >= 0.6 is 11.3 Å². The number of aromatic nitrogens is 1. The summed E-state index contributed by atoms with van der Waals surface area (Å²) >= 11 is 1.46. The van der Waals surface area contributed by atoms with E-state index in [1.807, 2.05) is 55.1 Å². The van der Waals surface area contributed by atoms with Crippen molar-refractivity contribution < 1.29 is 9.53 Å². The smallest absolute Gasteiger partial charge is 0.268 e. The second kappa shape index (κ2) is 6.70. The third-order valence-electron chi connectivity index (χ3n) is 4.64. The van der Waals surface area contributed by atoms with Crippen LogP contribution in [0.4, 0.5) is 5.69 Å². The maximum Gasteiger partial charge on any atom is 0.268 e. The fraction of sp³-hybridized carbons (Fsp3) is 0.300. The summed E-state index contributed by atoms with van der Waals surface area (Å²) in [5, 5.41) is 4.53. The van der Waals surface area contributed by atoms with E-state index in [1.54, 1.807) is 7.11 Å². The van der Waals surface area contributed by atoms with E-state index in [2.05, 4.69) is 10.3 Å². The minimum atomic E-state index is -0.0929. The zero-order chi connectivity index (χ0) is 18.3. The largest absolute Gasteiger partial charge is 0.380 e. The van der Waals surface area contributed by atoms with Gasteiger partial charge in [-0.25, -0.2) is 4.98 Å². The monoisotopic (exact) mass is 367 g/mol. The number of anilines is 1. The Labute approximate surface area is 156 Å². The molecule has 0 saturated carbocycles. The summed E-state index contributed by atoms with van der Waals surface area (Å²) in [4.78, 5) is 21.3. The van der Waals surface area contributed by atoms with E-state index in [4.69, 9.17) is 4.74 Å². The Bertz CT molecular complexity index is 968. The van der Waals surface area contributed by atoms with Crippen LogP contribution in [0.1, 0.15) is 33.4 Å². The molecule has 3 aromatic rings. The van der Waals surface area contributed by atoms with Crippen molar-refractivity contribution in [3.8, 4) is 0 Å². The molecule has 1 unspecified atom stereocenters. The van der Waals surface area contributed by atoms with E-state index in [-0.39, 0.29) is 12.1 Å². The number of carbonyl (C=O) groups is 1. The van der Waals surface area contributed by atoms with Crippen LogP contribution in [0.25, 0.3) is 10.2 Å². The number of nitrogens with zero attached hydrogens (tertiary/aromatic N) is 2. The molecule has 1 N–H and O–H groups in total. The number of hydrogen-bond donors (Lipinski definition) is 1. The number of rotatable bonds is 4. The highest BCUT2D eigenvalue weighted by Crippen LogP contribution is 2.41. The highest BCUT2D eigenvalue weighted by atomic mass is 32.1. The van der Waals surface area contributed by atoms with Crippen LogP contribution < -0.4 is 5.32 Å². The highest BCUT2D eigenvalue weighted by molar-refractivity contribution is 7.21. The molecule has 4 rings (SSSR count). The summed E-state index contributed by atoms with van der Waals surface area (Å²) in [7, 11) is 1.68. The van der Waals surface area contributed by atoms with Crippen LogP contribution in [0.3, 0.4) is 0 Å². The molecule has 1 atom stereocenters. The van der Waals surface area contributed by atoms with Gasteiger partial charge in [0.2, 0.25) is 0 Å². The van der Waals surface area contributed by atoms with Gasteiger partial charge < -0.3 is 15.0 Å². The Morgan fingerprint density at radius 3 is 2.81 bits per heavy atom. The number of benzene rings is 1. The highest BCUT2D eigenvalue weighted by Gasteiger charge is 2.33. The Hall–Kier alpha value is -2.44. The van der Waals surface area contributed by atoms with Gasteiger partial charge >= 0.3 is 0 Å². The molecule has 1 aliphatic heterocycles. The van der Waals surface area contributed by atoms with E-state index < -0.39 is 0 Å². The average molecular weight is 367 g/mol. The van der Waals surface area contributed by atoms with Crippen LogP contribution in [-0.4, -0.2) is 29.1 Å². The van der Waals surface area contributed by atoms with Gasteiger partial charge in [-0.15, -0.1) is 11.3 Å². The minimum absolute atomic E-state index is 0.0547. The maximum absolute atomic E-state index is 13.2. The average Bonchev–Trinajstić information content (AvgIpc) is 2.98. The Balaban J connectivity index is 1.78. The molecule has 3 heterocycles. The van der Waals surface area contributed by atoms with Crippen molar-refractivity contribution in [3.05, 3.63) is 58.1 Å². The van der Waals surface area contributed by atoms with E-state index >= 15 is 0 Å². The Kier molecular flexibility index (Phi) is 4.38. The van der Waals surface area contributed by atoms with Gasteiger partial charge in [-0.1, -0.05) is 30.3 Å². The summed E-state index contributed by atoms with van der Waals surface area (Å²) in [5.74, 6) is 0.0547. The zero-order valence-corrected chi connectivity index (χ0v) is 15.9. The first-order chi connectivity index (χ1) is 12.6. The molecule has 6 heteroatoms. The lowest BCUT2D eigenvalue weighted by Gasteiger charge is -2.34. The molecule has 1 amide bonds. The van der Waals surface area contributed by atoms with Gasteiger partial charge in [0.1, 0.15) is 9.71 Å². The fourth-order valence-electron chi connectivity index (χ4n) is 3.45. The van der Waals surface area contributed by atoms with E-state index in [0.717, 1.165) is 37.6 Å². The SMILES string of the molecule is COCc1cc(C)nc2sc3c(c12)NC(C)N(Cc1ccccc1)C3=O. The number of amides is 1. The van der Waals surface area contributed by atoms with Crippen molar-refractivity contribution in [1.29, 1.82) is 0 Å². The topological polar surface area (TPSA) is 54.5 Å². The second-order valence-electron chi connectivity index (χ2n) is 6.58. The molecule has 0 radical (unpaired) electrons. The predicted molar refractivity (Wildman–Crippen MR) is 104 cm³/mol. The van der Waals surface area contributed by atoms with Crippen LogP contribution in [0, 0.1) is 6.92 Å².